The van der Waals surface area contributed by atoms with Crippen LogP contribution in [0, 0.1) is 15.3 Å². The molecule has 0 fully saturated rings. The van der Waals surface area contributed by atoms with E-state index in [2.05, 4.69) is 0 Å². The van der Waals surface area contributed by atoms with Crippen LogP contribution in [0.2, 0.25) is 0 Å². The minimum Gasteiger partial charge on any atom is -0.441 e. The van der Waals surface area contributed by atoms with Crippen LogP contribution in [0.3, 0.4) is 0 Å². The lowest BCUT2D eigenvalue weighted by atomic mass is 10.3. The second kappa shape index (κ2) is 6.82. The van der Waals surface area contributed by atoms with Crippen molar-refractivity contribution >= 4 is 6.09 Å². The monoisotopic (exact) mass is 223 g/mol. The molecule has 8 nitrogen and oxygen atoms in total. The average molecular weight is 223 g/mol. The number of ether oxygens (including phenoxy) is 1. The van der Waals surface area contributed by atoms with E-state index in [1.54, 1.807) is 0 Å². The van der Waals surface area contributed by atoms with E-state index in [1.165, 1.54) is 0 Å². The first kappa shape index (κ1) is 15.9. The normalized spacial score (nSPS) is 12.0. The molecule has 8 heteroatoms. The van der Waals surface area contributed by atoms with Gasteiger partial charge in [0.25, 0.3) is 0 Å². The predicted molar refractivity (Wildman–Crippen MR) is 53.4 cm³/mol. The first-order valence-corrected chi connectivity index (χ1v) is 4.12. The molecule has 0 aromatic carbocycles. The standard InChI is InChI=1S/C7H16N2O2.NO3/c1-6(11-7(8)10)5-9(2,3)4;2-1(3)4/h6H,5H2,1-4H3,(H-,8,10);/q;-1/p+1. The molecule has 1 atom stereocenters. The van der Waals surface area contributed by atoms with Crippen molar-refractivity contribution in [3.05, 3.63) is 15.3 Å². The molecule has 0 saturated heterocycles. The number of hydrogen-bond acceptors (Lipinski definition) is 5. The molecule has 0 saturated carbocycles. The van der Waals surface area contributed by atoms with Gasteiger partial charge in [-0.3, -0.25) is 0 Å². The Hall–Kier alpha value is -1.57. The Balaban J connectivity index is 0. The highest BCUT2D eigenvalue weighted by atomic mass is 16.9. The molecule has 1 amide bonds. The molecule has 0 rings (SSSR count). The van der Waals surface area contributed by atoms with Crippen LogP contribution >= 0.6 is 0 Å². The quantitative estimate of drug-likeness (QED) is 0.408. The van der Waals surface area contributed by atoms with Gasteiger partial charge in [-0.25, -0.2) is 4.79 Å². The van der Waals surface area contributed by atoms with E-state index >= 15 is 0 Å². The summed E-state index contributed by atoms with van der Waals surface area (Å²) in [5.41, 5.74) is 4.84. The lowest BCUT2D eigenvalue weighted by Gasteiger charge is -2.26. The summed E-state index contributed by atoms with van der Waals surface area (Å²) in [6.45, 7) is 2.59. The van der Waals surface area contributed by atoms with E-state index in [-0.39, 0.29) is 6.10 Å². The molecule has 1 unspecified atom stereocenters. The van der Waals surface area contributed by atoms with Crippen LogP contribution in [0.4, 0.5) is 4.79 Å². The van der Waals surface area contributed by atoms with Crippen molar-refractivity contribution in [2.45, 2.75) is 13.0 Å². The third-order valence-corrected chi connectivity index (χ3v) is 1.12. The SMILES string of the molecule is CC(C[N+](C)(C)C)OC(N)=O.O=[N+]([O-])[O-]. The molecule has 0 heterocycles. The van der Waals surface area contributed by atoms with Gasteiger partial charge in [-0.1, -0.05) is 0 Å². The van der Waals surface area contributed by atoms with Crippen LogP contribution in [0.25, 0.3) is 0 Å². The molecule has 0 aliphatic heterocycles. The summed E-state index contributed by atoms with van der Waals surface area (Å²) >= 11 is 0. The number of likely N-dealkylation sites (N-methyl/N-ethyl adjacent to an activating group) is 1. The Morgan fingerprint density at radius 3 is 2.00 bits per heavy atom. The molecular weight excluding hydrogens is 206 g/mol. The minimum atomic E-state index is -1.75. The van der Waals surface area contributed by atoms with Crippen LogP contribution in [0.15, 0.2) is 0 Å². The average Bonchev–Trinajstić information content (AvgIpc) is 1.76. The van der Waals surface area contributed by atoms with Crippen molar-refractivity contribution in [1.29, 1.82) is 0 Å². The van der Waals surface area contributed by atoms with E-state index in [9.17, 15) is 4.79 Å². The van der Waals surface area contributed by atoms with Crippen molar-refractivity contribution in [2.75, 3.05) is 27.7 Å². The van der Waals surface area contributed by atoms with Gasteiger partial charge in [0.1, 0.15) is 12.6 Å². The zero-order valence-electron chi connectivity index (χ0n) is 9.30. The van der Waals surface area contributed by atoms with Gasteiger partial charge in [-0.05, 0) is 6.92 Å². The molecule has 90 valence electrons. The number of carbonyl (C=O) groups is 1. The summed E-state index contributed by atoms with van der Waals surface area (Å²) in [6.07, 6.45) is -0.821. The van der Waals surface area contributed by atoms with Crippen LogP contribution < -0.4 is 5.73 Å². The van der Waals surface area contributed by atoms with Gasteiger partial charge in [-0.2, -0.15) is 0 Å². The van der Waals surface area contributed by atoms with E-state index < -0.39 is 11.2 Å². The summed E-state index contributed by atoms with van der Waals surface area (Å²) < 4.78 is 5.51. The fourth-order valence-corrected chi connectivity index (χ4v) is 1.01. The van der Waals surface area contributed by atoms with Crippen LogP contribution in [0.1, 0.15) is 6.92 Å². The van der Waals surface area contributed by atoms with E-state index in [0.29, 0.717) is 0 Å². The Morgan fingerprint density at radius 2 is 1.80 bits per heavy atom. The Bertz CT molecular complexity index is 209. The van der Waals surface area contributed by atoms with Gasteiger partial charge in [0, 0.05) is 0 Å². The molecule has 15 heavy (non-hydrogen) atoms. The Labute approximate surface area is 87.9 Å². The van der Waals surface area contributed by atoms with E-state index in [4.69, 9.17) is 25.8 Å². The molecule has 0 aliphatic rings. The maximum absolute atomic E-state index is 10.3. The van der Waals surface area contributed by atoms with Gasteiger partial charge in [0.2, 0.25) is 0 Å². The number of nitrogens with two attached hydrogens (primary N) is 1. The zero-order valence-corrected chi connectivity index (χ0v) is 9.30. The topological polar surface area (TPSA) is 119 Å². The number of carbonyl (C=O) groups excluding carboxylic acids is 1. The van der Waals surface area contributed by atoms with Gasteiger partial charge < -0.3 is 30.3 Å². The molecule has 0 aromatic heterocycles. The zero-order chi connectivity index (χ0) is 12.6. The fourth-order valence-electron chi connectivity index (χ4n) is 1.01. The lowest BCUT2D eigenvalue weighted by molar-refractivity contribution is -0.873. The summed E-state index contributed by atoms with van der Waals surface area (Å²) in [6, 6.07) is 0. The third-order valence-electron chi connectivity index (χ3n) is 1.12. The van der Waals surface area contributed by atoms with Crippen molar-refractivity contribution < 1.29 is 19.1 Å². The Morgan fingerprint density at radius 1 is 1.47 bits per heavy atom. The Kier molecular flexibility index (Phi) is 7.22. The van der Waals surface area contributed by atoms with Crippen molar-refractivity contribution in [2.24, 2.45) is 5.73 Å². The van der Waals surface area contributed by atoms with Crippen LogP contribution in [0.5, 0.6) is 0 Å². The molecule has 0 bridgehead atoms. The molecular formula is C7H17N3O5. The van der Waals surface area contributed by atoms with E-state index in [1.807, 2.05) is 28.1 Å². The molecule has 0 aromatic rings. The summed E-state index contributed by atoms with van der Waals surface area (Å²) in [4.78, 5) is 18.5. The summed E-state index contributed by atoms with van der Waals surface area (Å²) in [5.74, 6) is 0. The summed E-state index contributed by atoms with van der Waals surface area (Å²) in [7, 11) is 6.09. The minimum absolute atomic E-state index is 0.118. The number of hydrogen-bond donors (Lipinski definition) is 1. The fraction of sp³-hybridized carbons (Fsp3) is 0.857. The first-order chi connectivity index (χ1) is 6.54. The van der Waals surface area contributed by atoms with Gasteiger partial charge >= 0.3 is 6.09 Å². The molecule has 2 N–H and O–H groups in total. The highest BCUT2D eigenvalue weighted by Crippen LogP contribution is 1.97. The lowest BCUT2D eigenvalue weighted by Crippen LogP contribution is -2.42. The van der Waals surface area contributed by atoms with Gasteiger partial charge in [-0.15, -0.1) is 0 Å². The highest BCUT2D eigenvalue weighted by Gasteiger charge is 2.15. The van der Waals surface area contributed by atoms with Crippen molar-refractivity contribution in [1.82, 2.24) is 0 Å². The maximum Gasteiger partial charge on any atom is 0.404 e. The molecule has 0 aliphatic carbocycles. The molecule has 0 radical (unpaired) electrons. The van der Waals surface area contributed by atoms with Crippen molar-refractivity contribution in [3.8, 4) is 0 Å². The number of amides is 1. The maximum atomic E-state index is 10.3. The first-order valence-electron chi connectivity index (χ1n) is 4.12. The second-order valence-electron chi connectivity index (χ2n) is 3.94. The van der Waals surface area contributed by atoms with Gasteiger partial charge in [0.05, 0.1) is 26.2 Å². The summed E-state index contributed by atoms with van der Waals surface area (Å²) in [5, 5.41) is 14.8. The largest absolute Gasteiger partial charge is 0.441 e. The molecule has 0 spiro atoms. The number of nitrogens with zero attached hydrogens (tertiary/aromatic N) is 2. The second-order valence-corrected chi connectivity index (χ2v) is 3.94. The number of quaternary nitrogens is 1. The van der Waals surface area contributed by atoms with Gasteiger partial charge in [0.15, 0.2) is 0 Å². The number of primary amides is 1. The smallest absolute Gasteiger partial charge is 0.404 e. The predicted octanol–water partition coefficient (Wildman–Crippen LogP) is -0.0627. The van der Waals surface area contributed by atoms with Crippen LogP contribution in [-0.4, -0.2) is 49.5 Å². The van der Waals surface area contributed by atoms with Crippen LogP contribution in [-0.2, 0) is 4.74 Å². The van der Waals surface area contributed by atoms with E-state index in [0.717, 1.165) is 11.0 Å². The highest BCUT2D eigenvalue weighted by molar-refractivity contribution is 5.64. The number of rotatable bonds is 3. The third kappa shape index (κ3) is 24.5. The van der Waals surface area contributed by atoms with Crippen molar-refractivity contribution in [3.63, 3.8) is 0 Å².